The van der Waals surface area contributed by atoms with Gasteiger partial charge in [-0.25, -0.2) is 13.7 Å². The molecule has 7 rings (SSSR count). The number of piperazine rings is 1. The van der Waals surface area contributed by atoms with E-state index in [4.69, 9.17) is 15.0 Å². The SMILES string of the molecule is CC1C=C[N+](C)=C1N=Nc1ccc(N2CCN(c3nc(Nc4ccc(Nc5ccc(N=Nc6n(C)cc[n+]6C)cc5)cc4)nc(N(CCO)CCO)n3)CC2)cc1. The number of aliphatic hydroxyl groups excluding tert-OH is 2. The molecule has 4 heterocycles. The van der Waals surface area contributed by atoms with Crippen molar-refractivity contribution < 1.29 is 19.4 Å². The summed E-state index contributed by atoms with van der Waals surface area (Å²) in [6.45, 7) is 5.35. The molecule has 57 heavy (non-hydrogen) atoms. The molecule has 1 saturated heterocycles. The summed E-state index contributed by atoms with van der Waals surface area (Å²) in [7, 11) is 5.84. The van der Waals surface area contributed by atoms with E-state index in [-0.39, 0.29) is 32.2 Å². The predicted molar refractivity (Wildman–Crippen MR) is 221 cm³/mol. The van der Waals surface area contributed by atoms with Gasteiger partial charge in [-0.05, 0) is 90.9 Å². The molecule has 3 aromatic carbocycles. The van der Waals surface area contributed by atoms with Gasteiger partial charge in [0.15, 0.2) is 0 Å². The number of benzene rings is 3. The number of anilines is 7. The highest BCUT2D eigenvalue weighted by Gasteiger charge is 2.24. The Morgan fingerprint density at radius 2 is 1.32 bits per heavy atom. The van der Waals surface area contributed by atoms with Crippen LogP contribution < -0.4 is 29.9 Å². The van der Waals surface area contributed by atoms with Crippen LogP contribution in [-0.2, 0) is 14.1 Å². The Kier molecular flexibility index (Phi) is 12.2. The van der Waals surface area contributed by atoms with Gasteiger partial charge in [0.2, 0.25) is 17.8 Å². The number of rotatable bonds is 14. The van der Waals surface area contributed by atoms with Crippen molar-refractivity contribution in [1.29, 1.82) is 0 Å². The normalized spacial score (nSPS) is 15.7. The van der Waals surface area contributed by atoms with Gasteiger partial charge >= 0.3 is 11.8 Å². The first-order chi connectivity index (χ1) is 27.8. The number of imidazole rings is 1. The molecule has 17 nitrogen and oxygen atoms in total. The minimum Gasteiger partial charge on any atom is -0.395 e. The molecule has 0 radical (unpaired) electrons. The van der Waals surface area contributed by atoms with Crippen LogP contribution in [0.2, 0.25) is 0 Å². The van der Waals surface area contributed by atoms with Crippen LogP contribution in [0.4, 0.5) is 57.9 Å². The van der Waals surface area contributed by atoms with Crippen LogP contribution in [0.1, 0.15) is 6.92 Å². The van der Waals surface area contributed by atoms with Crippen molar-refractivity contribution in [1.82, 2.24) is 19.5 Å². The van der Waals surface area contributed by atoms with E-state index in [9.17, 15) is 10.2 Å². The van der Waals surface area contributed by atoms with Crippen LogP contribution in [0.25, 0.3) is 0 Å². The van der Waals surface area contributed by atoms with E-state index < -0.39 is 0 Å². The zero-order chi connectivity index (χ0) is 39.7. The van der Waals surface area contributed by atoms with Crippen LogP contribution >= 0.6 is 0 Å². The molecule has 17 heteroatoms. The summed E-state index contributed by atoms with van der Waals surface area (Å²) >= 11 is 0. The summed E-state index contributed by atoms with van der Waals surface area (Å²) in [6.07, 6.45) is 7.98. The molecule has 2 aliphatic rings. The van der Waals surface area contributed by atoms with E-state index in [1.807, 2.05) is 114 Å². The third-order valence-electron chi connectivity index (χ3n) is 9.74. The van der Waals surface area contributed by atoms with Gasteiger partial charge in [0.25, 0.3) is 0 Å². The van der Waals surface area contributed by atoms with Gasteiger partial charge < -0.3 is 35.5 Å². The number of aryl methyl sites for hydroxylation is 2. The molecule has 0 saturated carbocycles. The molecule has 1 fully saturated rings. The molecule has 2 aliphatic heterocycles. The Bertz CT molecular complexity index is 2220. The zero-order valence-electron chi connectivity index (χ0n) is 32.7. The van der Waals surface area contributed by atoms with E-state index in [0.29, 0.717) is 30.9 Å². The van der Waals surface area contributed by atoms with Gasteiger partial charge in [-0.1, -0.05) is 5.11 Å². The lowest BCUT2D eigenvalue weighted by atomic mass is 10.2. The minimum atomic E-state index is -0.108. The molecule has 4 N–H and O–H groups in total. The van der Waals surface area contributed by atoms with Crippen molar-refractivity contribution in [2.45, 2.75) is 6.92 Å². The molecule has 1 unspecified atom stereocenters. The first-order valence-corrected chi connectivity index (χ1v) is 19.0. The maximum Gasteiger partial charge on any atom is 0.421 e. The summed E-state index contributed by atoms with van der Waals surface area (Å²) in [4.78, 5) is 20.5. The quantitative estimate of drug-likeness (QED) is 0.0853. The van der Waals surface area contributed by atoms with Crippen LogP contribution in [-0.4, -0.2) is 99.7 Å². The lowest BCUT2D eigenvalue weighted by molar-refractivity contribution is -0.657. The highest BCUT2D eigenvalue weighted by molar-refractivity contribution is 5.83. The number of aliphatic hydroxyl groups is 2. The average molecular weight is 772 g/mol. The Labute approximate surface area is 331 Å². The van der Waals surface area contributed by atoms with Gasteiger partial charge in [-0.15, -0.1) is 0 Å². The maximum absolute atomic E-state index is 9.77. The zero-order valence-corrected chi connectivity index (χ0v) is 32.7. The second-order valence-corrected chi connectivity index (χ2v) is 13.9. The molecule has 0 aliphatic carbocycles. The third kappa shape index (κ3) is 9.63. The summed E-state index contributed by atoms with van der Waals surface area (Å²) in [6, 6.07) is 23.7. The first kappa shape index (κ1) is 38.7. The fraction of sp³-hybridized carbons (Fsp3) is 0.325. The van der Waals surface area contributed by atoms with Crippen molar-refractivity contribution in [2.24, 2.45) is 40.5 Å². The van der Waals surface area contributed by atoms with E-state index in [2.05, 4.69) is 66.0 Å². The summed E-state index contributed by atoms with van der Waals surface area (Å²) < 4.78 is 5.81. The van der Waals surface area contributed by atoms with Gasteiger partial charge in [-0.2, -0.15) is 15.0 Å². The second-order valence-electron chi connectivity index (χ2n) is 13.9. The molecule has 0 spiro atoms. The monoisotopic (exact) mass is 771 g/mol. The number of hydrogen-bond donors (Lipinski definition) is 4. The average Bonchev–Trinajstić information content (AvgIpc) is 3.74. The number of hydrogen-bond acceptors (Lipinski definition) is 14. The Balaban J connectivity index is 0.997. The number of aromatic nitrogens is 5. The number of azo groups is 2. The van der Waals surface area contributed by atoms with E-state index in [1.165, 1.54) is 0 Å². The first-order valence-electron chi connectivity index (χ1n) is 19.0. The number of amidine groups is 1. The summed E-state index contributed by atoms with van der Waals surface area (Å²) in [5.74, 6) is 3.19. The Morgan fingerprint density at radius 3 is 1.89 bits per heavy atom. The highest BCUT2D eigenvalue weighted by Crippen LogP contribution is 2.27. The fourth-order valence-electron chi connectivity index (χ4n) is 6.52. The topological polar surface area (TPSA) is 174 Å². The largest absolute Gasteiger partial charge is 0.421 e. The highest BCUT2D eigenvalue weighted by atomic mass is 16.3. The molecular formula is C40H49N15O2+2. The van der Waals surface area contributed by atoms with Crippen LogP contribution in [0.15, 0.2) is 118 Å². The molecule has 2 aromatic heterocycles. The van der Waals surface area contributed by atoms with Gasteiger partial charge in [0.05, 0.1) is 64.0 Å². The second kappa shape index (κ2) is 17.9. The number of nitrogens with zero attached hydrogens (tertiary/aromatic N) is 13. The standard InChI is InChI=1S/C40H48N15O2/c1-29-17-18-50(2)36(29)48-46-34-13-15-35(16-14-34)53-21-23-54(24-22-53)38-43-37(44-39(45-38)55(25-27-56)26-28-57)42-32-7-5-30(6-8-32)41-31-9-11-33(12-10-31)47-49-40-51(3)19-20-52(40)4/h5-20,29,56-57H,21-28H2,1-4H3,(H,42,43,44,45,47)/q+1/p+1. The van der Waals surface area contributed by atoms with Crippen molar-refractivity contribution in [3.05, 3.63) is 97.5 Å². The van der Waals surface area contributed by atoms with Gasteiger partial charge in [0, 0.05) is 67.1 Å². The Morgan fingerprint density at radius 1 is 0.737 bits per heavy atom. The summed E-state index contributed by atoms with van der Waals surface area (Å²) in [5.41, 5.74) is 5.27. The van der Waals surface area contributed by atoms with E-state index in [1.54, 1.807) is 4.90 Å². The molecule has 0 amide bonds. The predicted octanol–water partition coefficient (Wildman–Crippen LogP) is 5.34. The molecule has 0 bridgehead atoms. The van der Waals surface area contributed by atoms with Crippen molar-refractivity contribution in [3.8, 4) is 0 Å². The number of nitrogens with one attached hydrogen (secondary N) is 2. The van der Waals surface area contributed by atoms with Gasteiger partial charge in [-0.3, -0.25) is 0 Å². The van der Waals surface area contributed by atoms with Crippen molar-refractivity contribution >= 4 is 63.8 Å². The van der Waals surface area contributed by atoms with Crippen molar-refractivity contribution in [3.63, 3.8) is 0 Å². The Hall–Kier alpha value is -6.59. The molecule has 5 aromatic rings. The van der Waals surface area contributed by atoms with Gasteiger partial charge in [0.1, 0.15) is 11.4 Å². The van der Waals surface area contributed by atoms with Crippen LogP contribution in [0.3, 0.4) is 0 Å². The van der Waals surface area contributed by atoms with Crippen molar-refractivity contribution in [2.75, 3.05) is 84.9 Å². The van der Waals surface area contributed by atoms with Crippen LogP contribution in [0.5, 0.6) is 0 Å². The summed E-state index contributed by atoms with van der Waals surface area (Å²) in [5, 5.41) is 44.0. The van der Waals surface area contributed by atoms with Crippen LogP contribution in [0, 0.1) is 5.92 Å². The smallest absolute Gasteiger partial charge is 0.395 e. The fourth-order valence-corrected chi connectivity index (χ4v) is 6.52. The lowest BCUT2D eigenvalue weighted by Crippen LogP contribution is -2.47. The minimum absolute atomic E-state index is 0.108. The molecule has 1 atom stereocenters. The lowest BCUT2D eigenvalue weighted by Gasteiger charge is -2.36. The maximum atomic E-state index is 9.77. The molecule has 294 valence electrons. The van der Waals surface area contributed by atoms with E-state index >= 15 is 0 Å². The van der Waals surface area contributed by atoms with E-state index in [0.717, 1.165) is 59.0 Å². The molecular weight excluding hydrogens is 723 g/mol. The third-order valence-corrected chi connectivity index (χ3v) is 9.74.